The van der Waals surface area contributed by atoms with Crippen LogP contribution in [-0.4, -0.2) is 48.6 Å². The van der Waals surface area contributed by atoms with Crippen molar-refractivity contribution >= 4 is 11.8 Å². The first-order valence-electron chi connectivity index (χ1n) is 6.35. The molecule has 3 heteroatoms. The minimum absolute atomic E-state index is 0.252. The van der Waals surface area contributed by atoms with Crippen molar-refractivity contribution in [2.24, 2.45) is 0 Å². The molecule has 0 saturated carbocycles. The first-order valence-corrected chi connectivity index (χ1v) is 7.74. The van der Waals surface area contributed by atoms with Gasteiger partial charge in [0.15, 0.2) is 0 Å². The van der Waals surface area contributed by atoms with Gasteiger partial charge in [-0.05, 0) is 60.0 Å². The molecule has 0 fully saturated rings. The third-order valence-electron chi connectivity index (χ3n) is 2.80. The smallest absolute Gasteiger partial charge is 0.0180 e. The molecule has 0 aromatic heterocycles. The third-order valence-corrected chi connectivity index (χ3v) is 3.51. The lowest BCUT2D eigenvalue weighted by Crippen LogP contribution is -2.39. The van der Waals surface area contributed by atoms with Gasteiger partial charge in [-0.2, -0.15) is 11.8 Å². The molecule has 2 nitrogen and oxygen atoms in total. The molecule has 0 amide bonds. The van der Waals surface area contributed by atoms with Crippen molar-refractivity contribution in [3.8, 4) is 0 Å². The van der Waals surface area contributed by atoms with Crippen LogP contribution in [0.15, 0.2) is 0 Å². The molecule has 1 atom stereocenters. The highest BCUT2D eigenvalue weighted by molar-refractivity contribution is 7.98. The summed E-state index contributed by atoms with van der Waals surface area (Å²) < 4.78 is 0. The SMILES string of the molecule is CCC(CSC)N(C)CCCNC(C)(C)C. The Hall–Kier alpha value is 0.270. The van der Waals surface area contributed by atoms with Crippen molar-refractivity contribution in [2.75, 3.05) is 32.1 Å². The van der Waals surface area contributed by atoms with Gasteiger partial charge >= 0.3 is 0 Å². The first-order chi connectivity index (χ1) is 7.40. The Kier molecular flexibility index (Phi) is 8.52. The van der Waals surface area contributed by atoms with Crippen LogP contribution in [0.4, 0.5) is 0 Å². The largest absolute Gasteiger partial charge is 0.312 e. The van der Waals surface area contributed by atoms with Crippen LogP contribution in [0, 0.1) is 0 Å². The van der Waals surface area contributed by atoms with Crippen LogP contribution in [0.5, 0.6) is 0 Å². The van der Waals surface area contributed by atoms with Crippen LogP contribution < -0.4 is 5.32 Å². The quantitative estimate of drug-likeness (QED) is 0.663. The summed E-state index contributed by atoms with van der Waals surface area (Å²) in [6.07, 6.45) is 4.68. The van der Waals surface area contributed by atoms with Crippen molar-refractivity contribution in [3.05, 3.63) is 0 Å². The second-order valence-corrected chi connectivity index (χ2v) is 6.44. The molecule has 1 N–H and O–H groups in total. The molecule has 0 rings (SSSR count). The monoisotopic (exact) mass is 246 g/mol. The predicted octanol–water partition coefficient (Wildman–Crippen LogP) is 2.84. The van der Waals surface area contributed by atoms with Crippen molar-refractivity contribution in [1.82, 2.24) is 10.2 Å². The van der Waals surface area contributed by atoms with Gasteiger partial charge in [-0.25, -0.2) is 0 Å². The summed E-state index contributed by atoms with van der Waals surface area (Å²) in [6.45, 7) is 11.3. The van der Waals surface area contributed by atoms with Gasteiger partial charge in [0.25, 0.3) is 0 Å². The van der Waals surface area contributed by atoms with Crippen LogP contribution in [0.25, 0.3) is 0 Å². The molecule has 0 bridgehead atoms. The Morgan fingerprint density at radius 2 is 1.94 bits per heavy atom. The van der Waals surface area contributed by atoms with Crippen LogP contribution in [0.1, 0.15) is 40.5 Å². The van der Waals surface area contributed by atoms with Gasteiger partial charge in [-0.15, -0.1) is 0 Å². The normalized spacial score (nSPS) is 14.4. The maximum atomic E-state index is 3.53. The van der Waals surface area contributed by atoms with E-state index in [0.717, 1.165) is 12.6 Å². The summed E-state index contributed by atoms with van der Waals surface area (Å²) in [6, 6.07) is 0.740. The van der Waals surface area contributed by atoms with E-state index in [1.54, 1.807) is 0 Å². The lowest BCUT2D eigenvalue weighted by molar-refractivity contribution is 0.248. The second kappa shape index (κ2) is 8.37. The Balaban J connectivity index is 3.66. The van der Waals surface area contributed by atoms with Crippen LogP contribution >= 0.6 is 11.8 Å². The average Bonchev–Trinajstić information content (AvgIpc) is 2.19. The van der Waals surface area contributed by atoms with Crippen molar-refractivity contribution in [2.45, 2.75) is 52.1 Å². The number of rotatable bonds is 8. The van der Waals surface area contributed by atoms with Gasteiger partial charge in [0.1, 0.15) is 0 Å². The van der Waals surface area contributed by atoms with Gasteiger partial charge in [-0.3, -0.25) is 0 Å². The second-order valence-electron chi connectivity index (χ2n) is 5.53. The van der Waals surface area contributed by atoms with Crippen LogP contribution in [-0.2, 0) is 0 Å². The predicted molar refractivity (Wildman–Crippen MR) is 77.5 cm³/mol. The Morgan fingerprint density at radius 3 is 2.38 bits per heavy atom. The van der Waals surface area contributed by atoms with Crippen molar-refractivity contribution in [3.63, 3.8) is 0 Å². The molecule has 98 valence electrons. The lowest BCUT2D eigenvalue weighted by Gasteiger charge is -2.27. The molecule has 0 aliphatic carbocycles. The summed E-state index contributed by atoms with van der Waals surface area (Å²) in [5.41, 5.74) is 0.252. The minimum atomic E-state index is 0.252. The van der Waals surface area contributed by atoms with E-state index in [2.05, 4.69) is 51.2 Å². The fourth-order valence-electron chi connectivity index (χ4n) is 1.72. The summed E-state index contributed by atoms with van der Waals surface area (Å²) >= 11 is 1.95. The molecule has 16 heavy (non-hydrogen) atoms. The zero-order chi connectivity index (χ0) is 12.6. The molecule has 0 saturated heterocycles. The van der Waals surface area contributed by atoms with E-state index < -0.39 is 0 Å². The van der Waals surface area contributed by atoms with E-state index in [1.807, 2.05) is 11.8 Å². The molecule has 0 aliphatic heterocycles. The number of hydrogen-bond acceptors (Lipinski definition) is 3. The molecule has 1 unspecified atom stereocenters. The zero-order valence-corrected chi connectivity index (χ0v) is 12.8. The summed E-state index contributed by atoms with van der Waals surface area (Å²) in [7, 11) is 2.25. The Bertz CT molecular complexity index is 166. The molecule has 0 aromatic carbocycles. The molecular weight excluding hydrogens is 216 g/mol. The lowest BCUT2D eigenvalue weighted by atomic mass is 10.1. The van der Waals surface area contributed by atoms with Gasteiger partial charge in [0.2, 0.25) is 0 Å². The molecule has 0 aliphatic rings. The van der Waals surface area contributed by atoms with E-state index in [1.165, 1.54) is 25.1 Å². The van der Waals surface area contributed by atoms with E-state index in [9.17, 15) is 0 Å². The number of nitrogens with zero attached hydrogens (tertiary/aromatic N) is 1. The fraction of sp³-hybridized carbons (Fsp3) is 1.00. The Morgan fingerprint density at radius 1 is 1.31 bits per heavy atom. The third kappa shape index (κ3) is 8.43. The summed E-state index contributed by atoms with van der Waals surface area (Å²) in [5.74, 6) is 1.25. The summed E-state index contributed by atoms with van der Waals surface area (Å²) in [4.78, 5) is 2.50. The standard InChI is InChI=1S/C13H30N2S/c1-7-12(11-16-6)15(5)10-8-9-14-13(2,3)4/h12,14H,7-11H2,1-6H3. The topological polar surface area (TPSA) is 15.3 Å². The average molecular weight is 246 g/mol. The van der Waals surface area contributed by atoms with Crippen molar-refractivity contribution < 1.29 is 0 Å². The minimum Gasteiger partial charge on any atom is -0.312 e. The molecule has 0 aromatic rings. The zero-order valence-electron chi connectivity index (χ0n) is 12.0. The number of hydrogen-bond donors (Lipinski definition) is 1. The van der Waals surface area contributed by atoms with Gasteiger partial charge in [0, 0.05) is 17.3 Å². The highest BCUT2D eigenvalue weighted by Crippen LogP contribution is 2.08. The van der Waals surface area contributed by atoms with Crippen LogP contribution in [0.2, 0.25) is 0 Å². The first kappa shape index (κ1) is 16.3. The maximum absolute atomic E-state index is 3.53. The van der Waals surface area contributed by atoms with Gasteiger partial charge < -0.3 is 10.2 Å². The fourth-order valence-corrected chi connectivity index (χ4v) is 2.60. The molecule has 0 radical (unpaired) electrons. The van der Waals surface area contributed by atoms with Crippen LogP contribution in [0.3, 0.4) is 0 Å². The highest BCUT2D eigenvalue weighted by atomic mass is 32.2. The van der Waals surface area contributed by atoms with Gasteiger partial charge in [-0.1, -0.05) is 6.92 Å². The van der Waals surface area contributed by atoms with Gasteiger partial charge in [0.05, 0.1) is 0 Å². The highest BCUT2D eigenvalue weighted by Gasteiger charge is 2.12. The molecule has 0 spiro atoms. The van der Waals surface area contributed by atoms with E-state index >= 15 is 0 Å². The summed E-state index contributed by atoms with van der Waals surface area (Å²) in [5, 5.41) is 3.53. The van der Waals surface area contributed by atoms with E-state index in [0.29, 0.717) is 0 Å². The maximum Gasteiger partial charge on any atom is 0.0180 e. The molecular formula is C13H30N2S. The van der Waals surface area contributed by atoms with Crippen molar-refractivity contribution in [1.29, 1.82) is 0 Å². The Labute approximate surface area is 107 Å². The number of thioether (sulfide) groups is 1. The van der Waals surface area contributed by atoms with E-state index in [4.69, 9.17) is 0 Å². The van der Waals surface area contributed by atoms with E-state index in [-0.39, 0.29) is 5.54 Å². The molecule has 0 heterocycles. The number of nitrogens with one attached hydrogen (secondary N) is 1.